The van der Waals surface area contributed by atoms with E-state index in [2.05, 4.69) is 5.32 Å². The van der Waals surface area contributed by atoms with Gasteiger partial charge in [0.2, 0.25) is 5.91 Å². The third-order valence-corrected chi connectivity index (χ3v) is 6.48. The fourth-order valence-corrected chi connectivity index (χ4v) is 4.45. The first-order chi connectivity index (χ1) is 17.2. The van der Waals surface area contributed by atoms with Crippen LogP contribution in [0.15, 0.2) is 30.3 Å². The molecule has 2 aromatic rings. The van der Waals surface area contributed by atoms with Gasteiger partial charge in [-0.05, 0) is 63.9 Å². The number of carbonyl (C=O) groups is 3. The average molecular weight is 520 g/mol. The molecule has 0 aliphatic carbocycles. The maximum Gasteiger partial charge on any atom is 0.325 e. The van der Waals surface area contributed by atoms with Crippen molar-refractivity contribution in [3.05, 3.63) is 45.6 Å². The maximum atomic E-state index is 13.4. The minimum atomic E-state index is -0.523. The molecule has 3 amide bonds. The summed E-state index contributed by atoms with van der Waals surface area (Å²) in [5.41, 5.74) is 1.00. The Morgan fingerprint density at radius 2 is 1.78 bits per heavy atom. The molecule has 0 saturated heterocycles. The molecule has 2 rings (SSSR count). The highest BCUT2D eigenvalue weighted by molar-refractivity contribution is 7.11. The van der Waals surface area contributed by atoms with Crippen molar-refractivity contribution in [1.29, 1.82) is 0 Å². The number of methoxy groups -OCH3 is 2. The lowest BCUT2D eigenvalue weighted by atomic mass is 10.1. The second kappa shape index (κ2) is 14.3. The van der Waals surface area contributed by atoms with Gasteiger partial charge >= 0.3 is 12.0 Å². The van der Waals surface area contributed by atoms with Crippen molar-refractivity contribution in [3.63, 3.8) is 0 Å². The zero-order valence-electron chi connectivity index (χ0n) is 22.0. The molecule has 0 aliphatic rings. The molecule has 0 aliphatic heterocycles. The second-order valence-corrected chi connectivity index (χ2v) is 9.82. The third kappa shape index (κ3) is 8.75. The summed E-state index contributed by atoms with van der Waals surface area (Å²) in [4.78, 5) is 43.2. The lowest BCUT2D eigenvalue weighted by molar-refractivity contribution is -0.141. The van der Waals surface area contributed by atoms with Crippen LogP contribution in [0.5, 0.6) is 11.5 Å². The summed E-state index contributed by atoms with van der Waals surface area (Å²) >= 11 is 1.64. The normalized spacial score (nSPS) is 10.6. The van der Waals surface area contributed by atoms with Crippen LogP contribution in [0.3, 0.4) is 0 Å². The van der Waals surface area contributed by atoms with Crippen molar-refractivity contribution in [2.45, 2.75) is 46.7 Å². The molecule has 1 N–H and O–H groups in total. The topological polar surface area (TPSA) is 97.4 Å². The van der Waals surface area contributed by atoms with E-state index in [1.165, 1.54) is 9.78 Å². The van der Waals surface area contributed by atoms with E-state index in [0.29, 0.717) is 31.0 Å². The van der Waals surface area contributed by atoms with Gasteiger partial charge in [0.05, 0.1) is 27.4 Å². The fraction of sp³-hybridized carbons (Fsp3) is 0.500. The van der Waals surface area contributed by atoms with Gasteiger partial charge in [0.25, 0.3) is 0 Å². The summed E-state index contributed by atoms with van der Waals surface area (Å²) in [5.74, 6) is 0.572. The van der Waals surface area contributed by atoms with E-state index in [0.717, 1.165) is 10.4 Å². The van der Waals surface area contributed by atoms with Gasteiger partial charge in [0, 0.05) is 22.3 Å². The first-order valence-electron chi connectivity index (χ1n) is 11.9. The first kappa shape index (κ1) is 29.0. The number of thiophene rings is 1. The summed E-state index contributed by atoms with van der Waals surface area (Å²) < 4.78 is 15.6. The van der Waals surface area contributed by atoms with Gasteiger partial charge in [-0.15, -0.1) is 11.3 Å². The monoisotopic (exact) mass is 519 g/mol. The molecule has 36 heavy (non-hydrogen) atoms. The highest BCUT2D eigenvalue weighted by Crippen LogP contribution is 2.28. The van der Waals surface area contributed by atoms with Crippen LogP contribution in [0, 0.1) is 6.92 Å². The molecule has 0 spiro atoms. The zero-order valence-corrected chi connectivity index (χ0v) is 22.8. The molecule has 0 bridgehead atoms. The SMILES string of the molecule is CCOC(=O)CNC(=O)N(CC(=O)N(CCc1ccc(OC)c(OC)c1)Cc1ccc(C)s1)C(C)C. The van der Waals surface area contributed by atoms with Gasteiger partial charge < -0.3 is 29.3 Å². The number of nitrogens with zero attached hydrogens (tertiary/aromatic N) is 2. The number of esters is 1. The van der Waals surface area contributed by atoms with Crippen LogP contribution < -0.4 is 14.8 Å². The summed E-state index contributed by atoms with van der Waals surface area (Å²) in [5, 5.41) is 2.55. The molecule has 1 aromatic heterocycles. The number of benzene rings is 1. The number of aryl methyl sites for hydroxylation is 1. The van der Waals surface area contributed by atoms with E-state index in [-0.39, 0.29) is 31.6 Å². The molecule has 198 valence electrons. The van der Waals surface area contributed by atoms with Crippen molar-refractivity contribution in [1.82, 2.24) is 15.1 Å². The zero-order chi connectivity index (χ0) is 26.7. The van der Waals surface area contributed by atoms with Crippen LogP contribution in [0.1, 0.15) is 36.1 Å². The van der Waals surface area contributed by atoms with Crippen LogP contribution >= 0.6 is 11.3 Å². The van der Waals surface area contributed by atoms with Gasteiger partial charge in [0.1, 0.15) is 13.1 Å². The Morgan fingerprint density at radius 3 is 2.36 bits per heavy atom. The van der Waals surface area contributed by atoms with E-state index < -0.39 is 12.0 Å². The van der Waals surface area contributed by atoms with Crippen molar-refractivity contribution in [2.24, 2.45) is 0 Å². The minimum Gasteiger partial charge on any atom is -0.493 e. The van der Waals surface area contributed by atoms with E-state index in [1.54, 1.807) is 37.4 Å². The number of hydrogen-bond donors (Lipinski definition) is 1. The van der Waals surface area contributed by atoms with Gasteiger partial charge in [-0.25, -0.2) is 4.79 Å². The molecule has 0 fully saturated rings. The largest absolute Gasteiger partial charge is 0.493 e. The summed E-state index contributed by atoms with van der Waals surface area (Å²) in [6.07, 6.45) is 0.604. The average Bonchev–Trinajstić information content (AvgIpc) is 3.27. The van der Waals surface area contributed by atoms with Crippen molar-refractivity contribution in [3.8, 4) is 11.5 Å². The van der Waals surface area contributed by atoms with Crippen LogP contribution in [-0.2, 0) is 27.3 Å². The van der Waals surface area contributed by atoms with Gasteiger partial charge in [0.15, 0.2) is 11.5 Å². The Balaban J connectivity index is 2.14. The molecule has 0 radical (unpaired) electrons. The van der Waals surface area contributed by atoms with Gasteiger partial charge in [-0.3, -0.25) is 9.59 Å². The number of carbonyl (C=O) groups excluding carboxylic acids is 3. The van der Waals surface area contributed by atoms with Crippen LogP contribution in [0.4, 0.5) is 4.79 Å². The third-order valence-electron chi connectivity index (χ3n) is 5.49. The predicted octanol–water partition coefficient (Wildman–Crippen LogP) is 3.63. The smallest absolute Gasteiger partial charge is 0.325 e. The van der Waals surface area contributed by atoms with E-state index in [1.807, 2.05) is 51.1 Å². The first-order valence-corrected chi connectivity index (χ1v) is 12.7. The number of nitrogens with one attached hydrogen (secondary N) is 1. The Hall–Kier alpha value is -3.27. The molecule has 9 nitrogen and oxygen atoms in total. The Bertz CT molecular complexity index is 1020. The molecule has 0 saturated carbocycles. The van der Waals surface area contributed by atoms with Gasteiger partial charge in [-0.2, -0.15) is 0 Å². The molecular weight excluding hydrogens is 482 g/mol. The predicted molar refractivity (Wildman–Crippen MR) is 140 cm³/mol. The molecule has 10 heteroatoms. The molecule has 1 aromatic carbocycles. The molecule has 0 unspecified atom stereocenters. The van der Waals surface area contributed by atoms with Crippen molar-refractivity contribution < 1.29 is 28.6 Å². The number of hydrogen-bond acceptors (Lipinski definition) is 7. The Labute approximate surface area is 217 Å². The highest BCUT2D eigenvalue weighted by atomic mass is 32.1. The lowest BCUT2D eigenvalue weighted by Gasteiger charge is -2.30. The van der Waals surface area contributed by atoms with E-state index in [9.17, 15) is 14.4 Å². The summed E-state index contributed by atoms with van der Waals surface area (Å²) in [6.45, 7) is 8.16. The van der Waals surface area contributed by atoms with E-state index in [4.69, 9.17) is 14.2 Å². The fourth-order valence-electron chi connectivity index (χ4n) is 3.55. The standard InChI is InChI=1S/C26H37N3O6S/c1-7-35-25(31)15-27-26(32)29(18(2)3)17-24(30)28(16-21-10-8-19(4)36-21)13-12-20-9-11-22(33-5)23(14-20)34-6/h8-11,14,18H,7,12-13,15-17H2,1-6H3,(H,27,32). The van der Waals surface area contributed by atoms with Crippen LogP contribution in [0.25, 0.3) is 0 Å². The molecular formula is C26H37N3O6S. The number of rotatable bonds is 13. The van der Waals surface area contributed by atoms with Crippen LogP contribution in [0.2, 0.25) is 0 Å². The molecule has 1 heterocycles. The van der Waals surface area contributed by atoms with E-state index >= 15 is 0 Å². The maximum absolute atomic E-state index is 13.4. The highest BCUT2D eigenvalue weighted by Gasteiger charge is 2.24. The number of urea groups is 1. The van der Waals surface area contributed by atoms with Crippen molar-refractivity contribution >= 4 is 29.2 Å². The number of ether oxygens (including phenoxy) is 3. The molecule has 0 atom stereocenters. The van der Waals surface area contributed by atoms with Crippen molar-refractivity contribution in [2.75, 3.05) is 40.5 Å². The second-order valence-electron chi connectivity index (χ2n) is 8.45. The lowest BCUT2D eigenvalue weighted by Crippen LogP contribution is -2.50. The summed E-state index contributed by atoms with van der Waals surface area (Å²) in [6, 6.07) is 9.01. The quantitative estimate of drug-likeness (QED) is 0.406. The Kier molecular flexibility index (Phi) is 11.5. The van der Waals surface area contributed by atoms with Gasteiger partial charge in [-0.1, -0.05) is 6.07 Å². The number of amides is 3. The summed E-state index contributed by atoms with van der Waals surface area (Å²) in [7, 11) is 3.17. The Morgan fingerprint density at radius 1 is 1.06 bits per heavy atom. The van der Waals surface area contributed by atoms with Crippen LogP contribution in [-0.4, -0.2) is 74.2 Å². The minimum absolute atomic E-state index is 0.109.